The molecule has 69 valence electrons. The Bertz CT molecular complexity index is 371. The maximum absolute atomic E-state index is 4.06. The summed E-state index contributed by atoms with van der Waals surface area (Å²) in [5, 5.41) is 0. The van der Waals surface area contributed by atoms with E-state index in [0.29, 0.717) is 0 Å². The fourth-order valence-corrected chi connectivity index (χ4v) is 1.53. The third-order valence-electron chi connectivity index (χ3n) is 1.91. The zero-order valence-corrected chi connectivity index (χ0v) is 9.38. The Balaban J connectivity index is 3.01. The molecule has 0 atom stereocenters. The second kappa shape index (κ2) is 5.59. The van der Waals surface area contributed by atoms with E-state index in [1.807, 2.05) is 29.0 Å². The predicted octanol–water partition coefficient (Wildman–Crippen LogP) is 3.16. The standard InChI is InChI=1S/C13H12.V/c1-4-8-11(2)12(3)13-9-6-5-7-10-13;/h2,4-10H,1,3H2;. The summed E-state index contributed by atoms with van der Waals surface area (Å²) in [7, 11) is 0. The molecule has 1 aromatic carbocycles. The van der Waals surface area contributed by atoms with E-state index in [9.17, 15) is 0 Å². The van der Waals surface area contributed by atoms with Gasteiger partial charge in [0.1, 0.15) is 0 Å². The second-order valence-corrected chi connectivity index (χ2v) is 3.23. The number of rotatable bonds is 4. The van der Waals surface area contributed by atoms with Crippen LogP contribution in [0.1, 0.15) is 5.56 Å². The molecule has 1 rings (SSSR count). The molecule has 0 unspecified atom stereocenters. The van der Waals surface area contributed by atoms with Gasteiger partial charge in [-0.1, -0.05) is 0 Å². The molecule has 14 heavy (non-hydrogen) atoms. The van der Waals surface area contributed by atoms with E-state index < -0.39 is 0 Å². The molecule has 0 spiro atoms. The zero-order chi connectivity index (χ0) is 10.4. The first-order chi connectivity index (χ1) is 6.79. The van der Waals surface area contributed by atoms with Crippen molar-refractivity contribution in [2.45, 2.75) is 0 Å². The average molecular weight is 219 g/mol. The predicted molar refractivity (Wildman–Crippen MR) is 59.8 cm³/mol. The van der Waals surface area contributed by atoms with E-state index in [1.165, 1.54) is 0 Å². The molecule has 0 nitrogen and oxygen atoms in total. The summed E-state index contributed by atoms with van der Waals surface area (Å²) in [5.74, 6) is 0. The van der Waals surface area contributed by atoms with Crippen molar-refractivity contribution in [1.82, 2.24) is 0 Å². The van der Waals surface area contributed by atoms with E-state index in [2.05, 4.69) is 42.3 Å². The summed E-state index contributed by atoms with van der Waals surface area (Å²) in [6.07, 6.45) is 3.72. The first-order valence-corrected chi connectivity index (χ1v) is 5.15. The van der Waals surface area contributed by atoms with Gasteiger partial charge in [0.25, 0.3) is 0 Å². The number of benzene rings is 1. The van der Waals surface area contributed by atoms with Gasteiger partial charge in [-0.25, -0.2) is 0 Å². The van der Waals surface area contributed by atoms with Crippen molar-refractivity contribution in [2.75, 3.05) is 0 Å². The molecule has 1 heteroatoms. The van der Waals surface area contributed by atoms with E-state index >= 15 is 0 Å². The molecule has 0 aliphatic rings. The van der Waals surface area contributed by atoms with Crippen LogP contribution < -0.4 is 0 Å². The first kappa shape index (κ1) is 11.0. The van der Waals surface area contributed by atoms with Gasteiger partial charge in [0.2, 0.25) is 0 Å². The third-order valence-corrected chi connectivity index (χ3v) is 2.34. The van der Waals surface area contributed by atoms with E-state index in [0.717, 1.165) is 16.7 Å². The molecule has 0 N–H and O–H groups in total. The molecule has 0 saturated heterocycles. The van der Waals surface area contributed by atoms with Crippen molar-refractivity contribution in [3.8, 4) is 0 Å². The maximum atomic E-state index is 4.06. The normalized spacial score (nSPS) is 10.6. The molecule has 0 aromatic heterocycles. The zero-order valence-electron chi connectivity index (χ0n) is 7.98. The topological polar surface area (TPSA) is 0 Å². The van der Waals surface area contributed by atoms with Crippen LogP contribution in [0.5, 0.6) is 0 Å². The molecule has 1 aromatic rings. The quantitative estimate of drug-likeness (QED) is 0.682. The molecule has 0 radical (unpaired) electrons. The van der Waals surface area contributed by atoms with Crippen LogP contribution in [0.15, 0.2) is 61.2 Å². The van der Waals surface area contributed by atoms with Crippen LogP contribution in [-0.4, -0.2) is 4.73 Å². The van der Waals surface area contributed by atoms with Gasteiger partial charge in [0, 0.05) is 0 Å². The van der Waals surface area contributed by atoms with Crippen molar-refractivity contribution in [1.29, 1.82) is 0 Å². The van der Waals surface area contributed by atoms with E-state index in [-0.39, 0.29) is 0 Å². The van der Waals surface area contributed by atoms with E-state index in [4.69, 9.17) is 0 Å². The molecule has 0 bridgehead atoms. The van der Waals surface area contributed by atoms with Crippen LogP contribution in [0, 0.1) is 0 Å². The molecular formula is C13H12V. The minimum atomic E-state index is 1.02. The van der Waals surface area contributed by atoms with Gasteiger partial charge < -0.3 is 0 Å². The first-order valence-electron chi connectivity index (χ1n) is 4.34. The summed E-state index contributed by atoms with van der Waals surface area (Å²) >= 11 is 2.44. The van der Waals surface area contributed by atoms with Gasteiger partial charge in [-0.2, -0.15) is 0 Å². The van der Waals surface area contributed by atoms with Crippen LogP contribution in [0.4, 0.5) is 0 Å². The SMILES string of the molecule is C=CC=C([CH]=[V])C(=C)c1ccccc1. The summed E-state index contributed by atoms with van der Waals surface area (Å²) < 4.78 is 1.98. The van der Waals surface area contributed by atoms with Crippen molar-refractivity contribution in [2.24, 2.45) is 0 Å². The molecule has 0 aliphatic carbocycles. The Morgan fingerprint density at radius 1 is 1.21 bits per heavy atom. The average Bonchev–Trinajstić information content (AvgIpc) is 2.26. The van der Waals surface area contributed by atoms with Gasteiger partial charge in [-0.05, 0) is 0 Å². The molecular weight excluding hydrogens is 207 g/mol. The van der Waals surface area contributed by atoms with Crippen LogP contribution >= 0.6 is 0 Å². The summed E-state index contributed by atoms with van der Waals surface area (Å²) in [5.41, 5.74) is 3.25. The fraction of sp³-hybridized carbons (Fsp3) is 0. The Hall–Kier alpha value is -1.11. The summed E-state index contributed by atoms with van der Waals surface area (Å²) in [6.45, 7) is 7.74. The Labute approximate surface area is 94.2 Å². The number of hydrogen-bond donors (Lipinski definition) is 0. The van der Waals surface area contributed by atoms with Crippen LogP contribution in [-0.2, 0) is 17.0 Å². The molecule has 0 aliphatic heterocycles. The van der Waals surface area contributed by atoms with Crippen molar-refractivity contribution in [3.05, 3.63) is 66.8 Å². The van der Waals surface area contributed by atoms with Gasteiger partial charge in [-0.15, -0.1) is 0 Å². The number of allylic oxidation sites excluding steroid dienone is 4. The van der Waals surface area contributed by atoms with Gasteiger partial charge in [0.15, 0.2) is 0 Å². The van der Waals surface area contributed by atoms with Crippen molar-refractivity contribution >= 4 is 10.3 Å². The molecule has 0 saturated carbocycles. The van der Waals surface area contributed by atoms with Crippen molar-refractivity contribution < 1.29 is 17.0 Å². The van der Waals surface area contributed by atoms with Crippen LogP contribution in [0.25, 0.3) is 5.57 Å². The van der Waals surface area contributed by atoms with Crippen LogP contribution in [0.3, 0.4) is 0 Å². The van der Waals surface area contributed by atoms with E-state index in [1.54, 1.807) is 6.08 Å². The van der Waals surface area contributed by atoms with Gasteiger partial charge in [-0.3, -0.25) is 0 Å². The van der Waals surface area contributed by atoms with Gasteiger partial charge in [0.05, 0.1) is 0 Å². The van der Waals surface area contributed by atoms with Crippen LogP contribution in [0.2, 0.25) is 0 Å². The Morgan fingerprint density at radius 2 is 1.86 bits per heavy atom. The fourth-order valence-electron chi connectivity index (χ4n) is 1.15. The van der Waals surface area contributed by atoms with Gasteiger partial charge >= 0.3 is 94.1 Å². The second-order valence-electron chi connectivity index (χ2n) is 2.83. The summed E-state index contributed by atoms with van der Waals surface area (Å²) in [6, 6.07) is 10.1. The molecule has 0 heterocycles. The summed E-state index contributed by atoms with van der Waals surface area (Å²) in [4.78, 5) is 0. The molecule has 0 amide bonds. The van der Waals surface area contributed by atoms with Crippen molar-refractivity contribution in [3.63, 3.8) is 0 Å². The number of hydrogen-bond acceptors (Lipinski definition) is 0. The third kappa shape index (κ3) is 2.69. The Morgan fingerprint density at radius 3 is 2.36 bits per heavy atom. The Kier molecular flexibility index (Phi) is 4.38. The minimum absolute atomic E-state index is 1.02. The molecule has 0 fully saturated rings. The monoisotopic (exact) mass is 219 g/mol.